The van der Waals surface area contributed by atoms with Crippen molar-refractivity contribution in [2.24, 2.45) is 0 Å². The fraction of sp³-hybridized carbons (Fsp3) is 0.818. The molecule has 0 aliphatic heterocycles. The van der Waals surface area contributed by atoms with Crippen molar-refractivity contribution in [1.82, 2.24) is 10.2 Å². The van der Waals surface area contributed by atoms with Crippen LogP contribution in [0.5, 0.6) is 0 Å². The quantitative estimate of drug-likeness (QED) is 0.249. The summed E-state index contributed by atoms with van der Waals surface area (Å²) < 4.78 is 0. The zero-order valence-corrected chi connectivity index (χ0v) is 17.7. The van der Waals surface area contributed by atoms with Crippen LogP contribution < -0.4 is 5.32 Å². The lowest BCUT2D eigenvalue weighted by Gasteiger charge is -2.19. The molecular formula is C22H42N2O3. The summed E-state index contributed by atoms with van der Waals surface area (Å²) in [5.41, 5.74) is 0. The van der Waals surface area contributed by atoms with Crippen molar-refractivity contribution in [2.45, 2.75) is 95.9 Å². The first-order valence-corrected chi connectivity index (χ1v) is 10.8. The third-order valence-corrected chi connectivity index (χ3v) is 4.95. The van der Waals surface area contributed by atoms with Gasteiger partial charge in [0.15, 0.2) is 0 Å². The molecule has 0 saturated heterocycles. The second kappa shape index (κ2) is 18.0. The fourth-order valence-electron chi connectivity index (χ4n) is 3.19. The second-order valence-electron chi connectivity index (χ2n) is 7.67. The molecule has 0 aliphatic rings. The molecule has 5 nitrogen and oxygen atoms in total. The molecule has 0 bridgehead atoms. The predicted octanol–water partition coefficient (Wildman–Crippen LogP) is 4.76. The van der Waals surface area contributed by atoms with Crippen LogP contribution in [0.25, 0.3) is 0 Å². The third-order valence-electron chi connectivity index (χ3n) is 4.95. The maximum Gasteiger partial charge on any atom is 0.320 e. The molecule has 0 heterocycles. The number of allylic oxidation sites excluding steroid dienone is 1. The van der Waals surface area contributed by atoms with Gasteiger partial charge in [0.25, 0.3) is 0 Å². The van der Waals surface area contributed by atoms with E-state index in [1.807, 2.05) is 6.08 Å². The molecule has 158 valence electrons. The highest BCUT2D eigenvalue weighted by molar-refractivity contribution is 5.75. The normalized spacial score (nSPS) is 12.1. The number of carbonyl (C=O) groups is 2. The van der Waals surface area contributed by atoms with E-state index in [2.05, 4.69) is 11.9 Å². The first-order valence-electron chi connectivity index (χ1n) is 10.8. The standard InChI is InChI=1S/C22H42N2O3/c1-4-5-6-7-8-9-10-11-12-13-14-18-21(25)23-19-16-15-17-20(22(26)27)24(2)3/h4,20H,1,5-19H2,2-3H3,(H,23,25)(H,26,27)/t20-/m0/s1. The topological polar surface area (TPSA) is 69.6 Å². The lowest BCUT2D eigenvalue weighted by atomic mass is 10.1. The molecule has 27 heavy (non-hydrogen) atoms. The Morgan fingerprint density at radius 3 is 2.00 bits per heavy atom. The first-order chi connectivity index (χ1) is 13.0. The van der Waals surface area contributed by atoms with E-state index in [1.165, 1.54) is 44.9 Å². The zero-order valence-electron chi connectivity index (χ0n) is 17.7. The molecule has 0 unspecified atom stereocenters. The number of unbranched alkanes of at least 4 members (excludes halogenated alkanes) is 10. The molecule has 5 heteroatoms. The number of rotatable bonds is 19. The summed E-state index contributed by atoms with van der Waals surface area (Å²) in [7, 11) is 3.57. The summed E-state index contributed by atoms with van der Waals surface area (Å²) >= 11 is 0. The van der Waals surface area contributed by atoms with Gasteiger partial charge in [0.2, 0.25) is 5.91 Å². The first kappa shape index (κ1) is 25.6. The number of hydrogen-bond acceptors (Lipinski definition) is 3. The molecule has 0 aromatic heterocycles. The molecule has 0 radical (unpaired) electrons. The Morgan fingerprint density at radius 1 is 0.926 bits per heavy atom. The lowest BCUT2D eigenvalue weighted by molar-refractivity contribution is -0.142. The van der Waals surface area contributed by atoms with Crippen LogP contribution in [0.1, 0.15) is 89.9 Å². The number of aliphatic carboxylic acids is 1. The predicted molar refractivity (Wildman–Crippen MR) is 113 cm³/mol. The van der Waals surface area contributed by atoms with Crippen LogP contribution in [0.15, 0.2) is 12.7 Å². The maximum atomic E-state index is 11.8. The number of nitrogens with one attached hydrogen (secondary N) is 1. The minimum Gasteiger partial charge on any atom is -0.480 e. The minimum atomic E-state index is -0.781. The minimum absolute atomic E-state index is 0.125. The Kier molecular flexibility index (Phi) is 17.1. The number of amides is 1. The molecule has 1 atom stereocenters. The van der Waals surface area contributed by atoms with Gasteiger partial charge in [-0.05, 0) is 52.6 Å². The highest BCUT2D eigenvalue weighted by Crippen LogP contribution is 2.11. The summed E-state index contributed by atoms with van der Waals surface area (Å²) in [6.45, 7) is 4.38. The Balaban J connectivity index is 3.40. The van der Waals surface area contributed by atoms with Gasteiger partial charge in [-0.3, -0.25) is 14.5 Å². The van der Waals surface area contributed by atoms with Gasteiger partial charge in [-0.1, -0.05) is 51.0 Å². The van der Waals surface area contributed by atoms with E-state index >= 15 is 0 Å². The highest BCUT2D eigenvalue weighted by Gasteiger charge is 2.18. The Labute approximate surface area is 166 Å². The smallest absolute Gasteiger partial charge is 0.320 e. The molecule has 0 aromatic carbocycles. The van der Waals surface area contributed by atoms with E-state index in [-0.39, 0.29) is 5.91 Å². The molecule has 2 N–H and O–H groups in total. The van der Waals surface area contributed by atoms with E-state index in [1.54, 1.807) is 19.0 Å². The number of carbonyl (C=O) groups excluding carboxylic acids is 1. The third kappa shape index (κ3) is 16.5. The summed E-state index contributed by atoms with van der Waals surface area (Å²) in [5.74, 6) is -0.656. The Bertz CT molecular complexity index is 397. The molecule has 1 amide bonds. The average molecular weight is 383 g/mol. The van der Waals surface area contributed by atoms with Gasteiger partial charge >= 0.3 is 5.97 Å². The zero-order chi connectivity index (χ0) is 20.3. The van der Waals surface area contributed by atoms with Crippen LogP contribution in [0, 0.1) is 0 Å². The van der Waals surface area contributed by atoms with E-state index < -0.39 is 12.0 Å². The summed E-state index contributed by atoms with van der Waals surface area (Å²) in [4.78, 5) is 24.6. The van der Waals surface area contributed by atoms with Crippen LogP contribution >= 0.6 is 0 Å². The Morgan fingerprint density at radius 2 is 1.48 bits per heavy atom. The van der Waals surface area contributed by atoms with Crippen molar-refractivity contribution in [3.63, 3.8) is 0 Å². The van der Waals surface area contributed by atoms with Gasteiger partial charge in [0, 0.05) is 13.0 Å². The molecule has 0 saturated carbocycles. The van der Waals surface area contributed by atoms with Crippen molar-refractivity contribution in [2.75, 3.05) is 20.6 Å². The van der Waals surface area contributed by atoms with Crippen LogP contribution in [-0.2, 0) is 9.59 Å². The molecule has 0 aliphatic carbocycles. The van der Waals surface area contributed by atoms with Crippen molar-refractivity contribution < 1.29 is 14.7 Å². The van der Waals surface area contributed by atoms with Crippen molar-refractivity contribution in [3.8, 4) is 0 Å². The summed E-state index contributed by atoms with van der Waals surface area (Å²) in [5, 5.41) is 12.0. The van der Waals surface area contributed by atoms with Gasteiger partial charge in [0.1, 0.15) is 6.04 Å². The Hall–Kier alpha value is -1.36. The largest absolute Gasteiger partial charge is 0.480 e. The molecular weight excluding hydrogens is 340 g/mol. The second-order valence-corrected chi connectivity index (χ2v) is 7.67. The van der Waals surface area contributed by atoms with Gasteiger partial charge in [-0.2, -0.15) is 0 Å². The summed E-state index contributed by atoms with van der Waals surface area (Å²) in [6, 6.07) is -0.437. The highest BCUT2D eigenvalue weighted by atomic mass is 16.4. The number of hydrogen-bond donors (Lipinski definition) is 2. The number of carboxylic acids is 1. The van der Waals surface area contributed by atoms with Crippen molar-refractivity contribution in [1.29, 1.82) is 0 Å². The molecule has 0 rings (SSSR count). The molecule has 0 spiro atoms. The number of carboxylic acid groups (broad SMARTS) is 1. The van der Waals surface area contributed by atoms with Crippen LogP contribution in [0.2, 0.25) is 0 Å². The van der Waals surface area contributed by atoms with E-state index in [4.69, 9.17) is 5.11 Å². The van der Waals surface area contributed by atoms with Crippen LogP contribution in [0.4, 0.5) is 0 Å². The average Bonchev–Trinajstić information content (AvgIpc) is 2.61. The summed E-state index contributed by atoms with van der Waals surface area (Å²) in [6.07, 6.45) is 17.2. The van der Waals surface area contributed by atoms with Gasteiger partial charge in [-0.15, -0.1) is 6.58 Å². The van der Waals surface area contributed by atoms with Crippen LogP contribution in [0.3, 0.4) is 0 Å². The van der Waals surface area contributed by atoms with E-state index in [0.29, 0.717) is 19.4 Å². The van der Waals surface area contributed by atoms with Crippen molar-refractivity contribution in [3.05, 3.63) is 12.7 Å². The number of likely N-dealkylation sites (N-methyl/N-ethyl adjacent to an activating group) is 1. The van der Waals surface area contributed by atoms with Gasteiger partial charge < -0.3 is 10.4 Å². The van der Waals surface area contributed by atoms with E-state index in [0.717, 1.165) is 32.1 Å². The van der Waals surface area contributed by atoms with Gasteiger partial charge in [0.05, 0.1) is 0 Å². The van der Waals surface area contributed by atoms with Crippen LogP contribution in [-0.4, -0.2) is 48.6 Å². The maximum absolute atomic E-state index is 11.8. The fourth-order valence-corrected chi connectivity index (χ4v) is 3.19. The van der Waals surface area contributed by atoms with Gasteiger partial charge in [-0.25, -0.2) is 0 Å². The lowest BCUT2D eigenvalue weighted by Crippen LogP contribution is -2.35. The molecule has 0 fully saturated rings. The SMILES string of the molecule is C=CCCCCCCCCCCCC(=O)NCCCC[C@@H](C(=O)O)N(C)C. The van der Waals surface area contributed by atoms with E-state index in [9.17, 15) is 9.59 Å². The monoisotopic (exact) mass is 382 g/mol. The van der Waals surface area contributed by atoms with Crippen molar-refractivity contribution >= 4 is 11.9 Å². The molecule has 0 aromatic rings. The number of nitrogens with zero attached hydrogens (tertiary/aromatic N) is 1.